The van der Waals surface area contributed by atoms with Crippen molar-refractivity contribution in [3.8, 4) is 0 Å². The Hall–Kier alpha value is -0.120. The lowest BCUT2D eigenvalue weighted by atomic mass is 10.1. The van der Waals surface area contributed by atoms with E-state index in [-0.39, 0.29) is 5.54 Å². The largest absolute Gasteiger partial charge is 0.379 e. The molecule has 0 aliphatic carbocycles. The summed E-state index contributed by atoms with van der Waals surface area (Å²) in [5.74, 6) is 0. The predicted octanol–water partition coefficient (Wildman–Crippen LogP) is 0.753. The molecule has 78 valence electrons. The molecule has 0 bridgehead atoms. The summed E-state index contributed by atoms with van der Waals surface area (Å²) in [6, 6.07) is 0.545. The Bertz CT molecular complexity index is 136. The van der Waals surface area contributed by atoms with Gasteiger partial charge < -0.3 is 15.4 Å². The summed E-state index contributed by atoms with van der Waals surface area (Å²) in [5.41, 5.74) is 0.232. The van der Waals surface area contributed by atoms with E-state index in [1.54, 1.807) is 0 Å². The van der Waals surface area contributed by atoms with Gasteiger partial charge in [0.2, 0.25) is 0 Å². The molecule has 1 aliphatic rings. The smallest absolute Gasteiger partial charge is 0.0620 e. The van der Waals surface area contributed by atoms with Crippen molar-refractivity contribution in [1.29, 1.82) is 0 Å². The van der Waals surface area contributed by atoms with Gasteiger partial charge in [-0.15, -0.1) is 0 Å². The van der Waals surface area contributed by atoms with E-state index < -0.39 is 0 Å². The zero-order chi connectivity index (χ0) is 9.73. The Balaban J connectivity index is 2.04. The number of morpholine rings is 1. The quantitative estimate of drug-likeness (QED) is 0.682. The van der Waals surface area contributed by atoms with E-state index in [2.05, 4.69) is 31.4 Å². The third kappa shape index (κ3) is 5.24. The van der Waals surface area contributed by atoms with Gasteiger partial charge in [0.1, 0.15) is 0 Å². The molecular formula is C10H22N2O. The minimum atomic E-state index is 0.232. The van der Waals surface area contributed by atoms with Crippen LogP contribution in [-0.4, -0.2) is 37.9 Å². The number of ether oxygens (including phenoxy) is 1. The van der Waals surface area contributed by atoms with Gasteiger partial charge in [-0.3, -0.25) is 0 Å². The summed E-state index contributed by atoms with van der Waals surface area (Å²) in [6.45, 7) is 10.4. The molecule has 1 rings (SSSR count). The van der Waals surface area contributed by atoms with Gasteiger partial charge in [-0.05, 0) is 33.7 Å². The lowest BCUT2D eigenvalue weighted by molar-refractivity contribution is 0.0737. The first-order valence-electron chi connectivity index (χ1n) is 5.14. The highest BCUT2D eigenvalue weighted by molar-refractivity contribution is 4.75. The van der Waals surface area contributed by atoms with Crippen LogP contribution in [0.2, 0.25) is 0 Å². The van der Waals surface area contributed by atoms with Crippen LogP contribution in [0.1, 0.15) is 27.2 Å². The van der Waals surface area contributed by atoms with Crippen molar-refractivity contribution in [3.05, 3.63) is 0 Å². The Morgan fingerprint density at radius 1 is 1.46 bits per heavy atom. The molecule has 1 fully saturated rings. The molecule has 0 aromatic heterocycles. The second kappa shape index (κ2) is 4.94. The van der Waals surface area contributed by atoms with Crippen molar-refractivity contribution in [2.24, 2.45) is 0 Å². The highest BCUT2D eigenvalue weighted by Crippen LogP contribution is 2.01. The van der Waals surface area contributed by atoms with Crippen LogP contribution < -0.4 is 10.6 Å². The number of hydrogen-bond acceptors (Lipinski definition) is 3. The lowest BCUT2D eigenvalue weighted by Gasteiger charge is -2.26. The maximum absolute atomic E-state index is 5.37. The summed E-state index contributed by atoms with van der Waals surface area (Å²) in [6.07, 6.45) is 1.15. The van der Waals surface area contributed by atoms with Crippen molar-refractivity contribution in [1.82, 2.24) is 10.6 Å². The van der Waals surface area contributed by atoms with Gasteiger partial charge in [0, 0.05) is 18.1 Å². The summed E-state index contributed by atoms with van der Waals surface area (Å²) >= 11 is 0. The third-order valence-electron chi connectivity index (χ3n) is 2.15. The van der Waals surface area contributed by atoms with E-state index in [0.717, 1.165) is 32.7 Å². The van der Waals surface area contributed by atoms with E-state index in [0.29, 0.717) is 6.04 Å². The molecule has 1 unspecified atom stereocenters. The predicted molar refractivity (Wildman–Crippen MR) is 55.0 cm³/mol. The molecular weight excluding hydrogens is 164 g/mol. The van der Waals surface area contributed by atoms with Gasteiger partial charge >= 0.3 is 0 Å². The molecule has 0 radical (unpaired) electrons. The molecule has 0 aromatic carbocycles. The standard InChI is InChI=1S/C10H22N2O/c1-10(2,3)12-5-4-9-8-13-7-6-11-9/h9,11-12H,4-8H2,1-3H3. The summed E-state index contributed by atoms with van der Waals surface area (Å²) in [7, 11) is 0. The fourth-order valence-corrected chi connectivity index (χ4v) is 1.43. The van der Waals surface area contributed by atoms with Crippen molar-refractivity contribution in [2.75, 3.05) is 26.3 Å². The van der Waals surface area contributed by atoms with Crippen LogP contribution in [0.5, 0.6) is 0 Å². The van der Waals surface area contributed by atoms with Gasteiger partial charge in [-0.2, -0.15) is 0 Å². The summed E-state index contributed by atoms with van der Waals surface area (Å²) < 4.78 is 5.37. The van der Waals surface area contributed by atoms with Crippen LogP contribution in [0.25, 0.3) is 0 Å². The topological polar surface area (TPSA) is 33.3 Å². The Morgan fingerprint density at radius 3 is 2.77 bits per heavy atom. The molecule has 0 aromatic rings. The first kappa shape index (κ1) is 11.0. The molecule has 1 aliphatic heterocycles. The average Bonchev–Trinajstić information content (AvgIpc) is 2.04. The molecule has 2 N–H and O–H groups in total. The molecule has 13 heavy (non-hydrogen) atoms. The molecule has 1 atom stereocenters. The lowest BCUT2D eigenvalue weighted by Crippen LogP contribution is -2.45. The van der Waals surface area contributed by atoms with Crippen LogP contribution in [0.4, 0.5) is 0 Å². The van der Waals surface area contributed by atoms with Crippen LogP contribution in [0.3, 0.4) is 0 Å². The number of hydrogen-bond donors (Lipinski definition) is 2. The third-order valence-corrected chi connectivity index (χ3v) is 2.15. The maximum Gasteiger partial charge on any atom is 0.0620 e. The molecule has 3 nitrogen and oxygen atoms in total. The van der Waals surface area contributed by atoms with Gasteiger partial charge in [0.25, 0.3) is 0 Å². The Labute approximate surface area is 81.2 Å². The molecule has 3 heteroatoms. The first-order chi connectivity index (χ1) is 6.08. The van der Waals surface area contributed by atoms with Crippen molar-refractivity contribution in [3.63, 3.8) is 0 Å². The van der Waals surface area contributed by atoms with Crippen molar-refractivity contribution >= 4 is 0 Å². The SMILES string of the molecule is CC(C)(C)NCCC1COCCN1. The van der Waals surface area contributed by atoms with E-state index in [1.807, 2.05) is 0 Å². The number of rotatable bonds is 3. The second-order valence-electron chi connectivity index (χ2n) is 4.69. The zero-order valence-corrected chi connectivity index (χ0v) is 9.02. The molecule has 0 saturated carbocycles. The van der Waals surface area contributed by atoms with Crippen LogP contribution >= 0.6 is 0 Å². The van der Waals surface area contributed by atoms with E-state index >= 15 is 0 Å². The maximum atomic E-state index is 5.37. The summed E-state index contributed by atoms with van der Waals surface area (Å²) in [5, 5.41) is 6.91. The highest BCUT2D eigenvalue weighted by atomic mass is 16.5. The molecule has 1 heterocycles. The van der Waals surface area contributed by atoms with Gasteiger partial charge in [-0.1, -0.05) is 0 Å². The van der Waals surface area contributed by atoms with Crippen LogP contribution in [-0.2, 0) is 4.74 Å². The van der Waals surface area contributed by atoms with E-state index in [4.69, 9.17) is 4.74 Å². The molecule has 1 saturated heterocycles. The van der Waals surface area contributed by atoms with Crippen LogP contribution in [0, 0.1) is 0 Å². The number of nitrogens with one attached hydrogen (secondary N) is 2. The van der Waals surface area contributed by atoms with Gasteiger partial charge in [-0.25, -0.2) is 0 Å². The molecule has 0 spiro atoms. The van der Waals surface area contributed by atoms with Crippen molar-refractivity contribution in [2.45, 2.75) is 38.8 Å². The fourth-order valence-electron chi connectivity index (χ4n) is 1.43. The highest BCUT2D eigenvalue weighted by Gasteiger charge is 2.14. The summed E-state index contributed by atoms with van der Waals surface area (Å²) in [4.78, 5) is 0. The molecule has 0 amide bonds. The van der Waals surface area contributed by atoms with Crippen LogP contribution in [0.15, 0.2) is 0 Å². The Morgan fingerprint density at radius 2 is 2.23 bits per heavy atom. The van der Waals surface area contributed by atoms with Gasteiger partial charge in [0.05, 0.1) is 13.2 Å². The first-order valence-corrected chi connectivity index (χ1v) is 5.14. The van der Waals surface area contributed by atoms with Gasteiger partial charge in [0.15, 0.2) is 0 Å². The second-order valence-corrected chi connectivity index (χ2v) is 4.69. The van der Waals surface area contributed by atoms with Crippen molar-refractivity contribution < 1.29 is 4.74 Å². The van der Waals surface area contributed by atoms with E-state index in [9.17, 15) is 0 Å². The van der Waals surface area contributed by atoms with E-state index in [1.165, 1.54) is 0 Å². The average molecular weight is 186 g/mol. The Kier molecular flexibility index (Phi) is 4.16. The minimum absolute atomic E-state index is 0.232. The minimum Gasteiger partial charge on any atom is -0.379 e. The zero-order valence-electron chi connectivity index (χ0n) is 9.02. The monoisotopic (exact) mass is 186 g/mol. The fraction of sp³-hybridized carbons (Fsp3) is 1.00. The normalized spacial score (nSPS) is 24.7.